The van der Waals surface area contributed by atoms with Gasteiger partial charge in [0.2, 0.25) is 0 Å². The second kappa shape index (κ2) is 7.36. The van der Waals surface area contributed by atoms with E-state index in [-0.39, 0.29) is 0 Å². The Balaban J connectivity index is 1.95. The third-order valence-electron chi connectivity index (χ3n) is 4.93. The van der Waals surface area contributed by atoms with E-state index in [0.29, 0.717) is 25.2 Å². The number of fused-ring (bicyclic) bond motifs is 3. The number of hydrogen-bond donors (Lipinski definition) is 0. The van der Waals surface area contributed by atoms with Crippen molar-refractivity contribution in [1.82, 2.24) is 4.90 Å². The second-order valence-electron chi connectivity index (χ2n) is 6.07. The first-order valence-corrected chi connectivity index (χ1v) is 10.2. The number of nitrogens with zero attached hydrogens (tertiary/aromatic N) is 1. The van der Waals surface area contributed by atoms with E-state index in [4.69, 9.17) is 13.3 Å². The van der Waals surface area contributed by atoms with E-state index in [9.17, 15) is 0 Å². The highest BCUT2D eigenvalue weighted by molar-refractivity contribution is 6.60. The molecule has 3 rings (SSSR count). The van der Waals surface area contributed by atoms with Gasteiger partial charge < -0.3 is 18.2 Å². The van der Waals surface area contributed by atoms with Gasteiger partial charge in [0.1, 0.15) is 0 Å². The summed E-state index contributed by atoms with van der Waals surface area (Å²) in [4.78, 5) is 2.60. The van der Waals surface area contributed by atoms with Gasteiger partial charge in [0.25, 0.3) is 0 Å². The fraction of sp³-hybridized carbons (Fsp3) is 1.00. The van der Waals surface area contributed by atoms with Crippen LogP contribution in [0.15, 0.2) is 0 Å². The van der Waals surface area contributed by atoms with Crippen molar-refractivity contribution in [2.45, 2.75) is 52.5 Å². The van der Waals surface area contributed by atoms with E-state index in [1.807, 2.05) is 20.8 Å². The highest BCUT2D eigenvalue weighted by Crippen LogP contribution is 2.45. The molecule has 5 heteroatoms. The molecule has 0 amide bonds. The standard InChI is InChI=1S/C15H31NO3Si/c1-4-17-20(18-5-2,19-6-3)14-10-15-7-11-16(12-8-15)13-9-15/h4-14H2,1-3H3. The molecule has 0 unspecified atom stereocenters. The maximum atomic E-state index is 5.99. The Kier molecular flexibility index (Phi) is 6.04. The predicted molar refractivity (Wildman–Crippen MR) is 82.8 cm³/mol. The Hall–Kier alpha value is 0.0569. The average molecular weight is 302 g/mol. The smallest absolute Gasteiger partial charge is 0.374 e. The molecule has 0 saturated carbocycles. The first-order chi connectivity index (χ1) is 9.67. The molecule has 0 aromatic heterocycles. The molecule has 0 N–H and O–H groups in total. The summed E-state index contributed by atoms with van der Waals surface area (Å²) in [5, 5.41) is 0. The summed E-state index contributed by atoms with van der Waals surface area (Å²) in [7, 11) is -2.44. The molecule has 4 nitrogen and oxygen atoms in total. The Morgan fingerprint density at radius 2 is 1.30 bits per heavy atom. The molecule has 118 valence electrons. The molecule has 0 radical (unpaired) electrons. The Morgan fingerprint density at radius 1 is 0.850 bits per heavy atom. The van der Waals surface area contributed by atoms with Crippen molar-refractivity contribution in [1.29, 1.82) is 0 Å². The summed E-state index contributed by atoms with van der Waals surface area (Å²) in [6.45, 7) is 12.0. The van der Waals surface area contributed by atoms with Crippen molar-refractivity contribution in [2.75, 3.05) is 39.5 Å². The molecular weight excluding hydrogens is 270 g/mol. The van der Waals surface area contributed by atoms with Gasteiger partial charge in [-0.3, -0.25) is 0 Å². The van der Waals surface area contributed by atoms with Crippen LogP contribution in [0.25, 0.3) is 0 Å². The molecule has 3 fully saturated rings. The van der Waals surface area contributed by atoms with Crippen LogP contribution in [0.4, 0.5) is 0 Å². The van der Waals surface area contributed by atoms with Gasteiger partial charge in [0.15, 0.2) is 0 Å². The minimum Gasteiger partial charge on any atom is -0.374 e. The summed E-state index contributed by atoms with van der Waals surface area (Å²) in [6, 6.07) is 0.989. The van der Waals surface area contributed by atoms with E-state index >= 15 is 0 Å². The van der Waals surface area contributed by atoms with E-state index in [0.717, 1.165) is 6.04 Å². The van der Waals surface area contributed by atoms with E-state index in [2.05, 4.69) is 4.90 Å². The predicted octanol–water partition coefficient (Wildman–Crippen LogP) is 2.91. The molecule has 0 aromatic rings. The quantitative estimate of drug-likeness (QED) is 0.613. The van der Waals surface area contributed by atoms with Crippen LogP contribution in [0.1, 0.15) is 46.5 Å². The highest BCUT2D eigenvalue weighted by atomic mass is 28.4. The molecule has 2 bridgehead atoms. The van der Waals surface area contributed by atoms with Crippen LogP contribution in [0.3, 0.4) is 0 Å². The van der Waals surface area contributed by atoms with Gasteiger partial charge in [0.05, 0.1) is 0 Å². The van der Waals surface area contributed by atoms with Gasteiger partial charge in [-0.25, -0.2) is 0 Å². The molecule has 3 heterocycles. The zero-order chi connectivity index (χ0) is 14.5. The van der Waals surface area contributed by atoms with Crippen LogP contribution in [0.5, 0.6) is 0 Å². The van der Waals surface area contributed by atoms with Crippen LogP contribution < -0.4 is 0 Å². The average Bonchev–Trinajstić information content (AvgIpc) is 2.48. The van der Waals surface area contributed by atoms with Crippen molar-refractivity contribution in [2.24, 2.45) is 5.41 Å². The summed E-state index contributed by atoms with van der Waals surface area (Å²) < 4.78 is 18.0. The van der Waals surface area contributed by atoms with Gasteiger partial charge >= 0.3 is 8.80 Å². The lowest BCUT2D eigenvalue weighted by Gasteiger charge is -2.49. The number of piperidine rings is 3. The first-order valence-electron chi connectivity index (χ1n) is 8.32. The van der Waals surface area contributed by atoms with Crippen molar-refractivity contribution in [3.63, 3.8) is 0 Å². The Labute approximate surface area is 125 Å². The first kappa shape index (κ1) is 16.4. The zero-order valence-corrected chi connectivity index (χ0v) is 14.5. The van der Waals surface area contributed by atoms with Crippen molar-refractivity contribution < 1.29 is 13.3 Å². The lowest BCUT2D eigenvalue weighted by atomic mass is 9.70. The van der Waals surface area contributed by atoms with E-state index in [1.54, 1.807) is 0 Å². The van der Waals surface area contributed by atoms with Crippen molar-refractivity contribution in [3.05, 3.63) is 0 Å². The summed E-state index contributed by atoms with van der Waals surface area (Å²) in [5.41, 5.74) is 0.540. The number of hydrogen-bond acceptors (Lipinski definition) is 4. The summed E-state index contributed by atoms with van der Waals surface area (Å²) >= 11 is 0. The van der Waals surface area contributed by atoms with Crippen molar-refractivity contribution >= 4 is 8.80 Å². The molecular formula is C15H31NO3Si. The van der Waals surface area contributed by atoms with Crippen LogP contribution in [-0.2, 0) is 13.3 Å². The second-order valence-corrected chi connectivity index (χ2v) is 8.81. The lowest BCUT2D eigenvalue weighted by Crippen LogP contribution is -2.51. The molecule has 0 atom stereocenters. The molecule has 3 aliphatic heterocycles. The number of rotatable bonds is 9. The third kappa shape index (κ3) is 3.83. The van der Waals surface area contributed by atoms with Crippen LogP contribution in [0.2, 0.25) is 6.04 Å². The molecule has 3 aliphatic rings. The van der Waals surface area contributed by atoms with Gasteiger partial charge in [0, 0.05) is 25.9 Å². The minimum atomic E-state index is -2.44. The fourth-order valence-electron chi connectivity index (χ4n) is 3.69. The molecule has 3 saturated heterocycles. The normalized spacial score (nSPS) is 29.9. The highest BCUT2D eigenvalue weighted by Gasteiger charge is 2.45. The summed E-state index contributed by atoms with van der Waals surface area (Å²) in [6.07, 6.45) is 5.26. The molecule has 0 aliphatic carbocycles. The van der Waals surface area contributed by atoms with Gasteiger partial charge in [-0.1, -0.05) is 0 Å². The topological polar surface area (TPSA) is 30.9 Å². The maximum absolute atomic E-state index is 5.99. The van der Waals surface area contributed by atoms with Crippen molar-refractivity contribution in [3.8, 4) is 0 Å². The van der Waals surface area contributed by atoms with Gasteiger partial charge in [-0.05, 0) is 71.5 Å². The molecule has 20 heavy (non-hydrogen) atoms. The monoisotopic (exact) mass is 301 g/mol. The fourth-order valence-corrected chi connectivity index (χ4v) is 6.53. The lowest BCUT2D eigenvalue weighted by molar-refractivity contribution is 0.0141. The minimum absolute atomic E-state index is 0.540. The van der Waals surface area contributed by atoms with Gasteiger partial charge in [-0.15, -0.1) is 0 Å². The zero-order valence-electron chi connectivity index (χ0n) is 13.5. The Morgan fingerprint density at radius 3 is 1.70 bits per heavy atom. The van der Waals surface area contributed by atoms with E-state index < -0.39 is 8.80 Å². The third-order valence-corrected chi connectivity index (χ3v) is 7.98. The molecule has 0 aromatic carbocycles. The SMILES string of the molecule is CCO[Si](CCC12CCN(CC1)CC2)(OCC)OCC. The van der Waals surface area contributed by atoms with Crippen LogP contribution in [-0.4, -0.2) is 53.2 Å². The van der Waals surface area contributed by atoms with Crippen LogP contribution in [0, 0.1) is 5.41 Å². The van der Waals surface area contributed by atoms with E-state index in [1.165, 1.54) is 45.3 Å². The maximum Gasteiger partial charge on any atom is 0.500 e. The molecule has 0 spiro atoms. The summed E-state index contributed by atoms with van der Waals surface area (Å²) in [5.74, 6) is 0. The Bertz CT molecular complexity index is 262. The van der Waals surface area contributed by atoms with Gasteiger partial charge in [-0.2, -0.15) is 0 Å². The largest absolute Gasteiger partial charge is 0.500 e. The van der Waals surface area contributed by atoms with Crippen LogP contribution >= 0.6 is 0 Å².